The van der Waals surface area contributed by atoms with Gasteiger partial charge in [-0.2, -0.15) is 0 Å². The molecule has 0 aliphatic heterocycles. The van der Waals surface area contributed by atoms with Crippen LogP contribution in [0.1, 0.15) is 107 Å². The summed E-state index contributed by atoms with van der Waals surface area (Å²) in [7, 11) is 0. The molecule has 0 aromatic carbocycles. The van der Waals surface area contributed by atoms with E-state index >= 15 is 0 Å². The molecule has 28 heavy (non-hydrogen) atoms. The van der Waals surface area contributed by atoms with Gasteiger partial charge in [0.25, 0.3) is 0 Å². The van der Waals surface area contributed by atoms with Gasteiger partial charge >= 0.3 is 1.43 Å². The van der Waals surface area contributed by atoms with Gasteiger partial charge in [-0.05, 0) is 97.7 Å². The number of fused-ring (bicyclic) bond motifs is 5. The summed E-state index contributed by atoms with van der Waals surface area (Å²) in [5.74, 6) is 5.46. The van der Waals surface area contributed by atoms with E-state index in [1.165, 1.54) is 57.8 Å². The topological polar surface area (TPSA) is 20.2 Å². The highest BCUT2D eigenvalue weighted by Crippen LogP contribution is 2.67. The fraction of sp³-hybridized carbons (Fsp3) is 0.926. The molecule has 4 rings (SSSR count). The van der Waals surface area contributed by atoms with Crippen LogP contribution in [0.2, 0.25) is 0 Å². The molecular weight excluding hydrogens is 340 g/mol. The minimum Gasteiger partial charge on any atom is -0.393 e. The Kier molecular flexibility index (Phi) is 5.80. The minimum absolute atomic E-state index is 0. The number of hydrogen-bond donors (Lipinski definition) is 1. The van der Waals surface area contributed by atoms with Gasteiger partial charge in [0.2, 0.25) is 0 Å². The first-order valence-electron chi connectivity index (χ1n) is 12.6. The second kappa shape index (κ2) is 7.75. The van der Waals surface area contributed by atoms with Crippen LogP contribution in [-0.4, -0.2) is 11.2 Å². The Morgan fingerprint density at radius 3 is 2.57 bits per heavy atom. The van der Waals surface area contributed by atoms with Crippen LogP contribution in [0.25, 0.3) is 0 Å². The molecule has 0 spiro atoms. The normalized spacial score (nSPS) is 46.5. The van der Waals surface area contributed by atoms with Gasteiger partial charge in [0, 0.05) is 0 Å². The fourth-order valence-corrected chi connectivity index (χ4v) is 8.67. The lowest BCUT2D eigenvalue weighted by Gasteiger charge is -2.58. The molecule has 160 valence electrons. The van der Waals surface area contributed by atoms with Crippen LogP contribution < -0.4 is 0 Å². The Morgan fingerprint density at radius 2 is 1.82 bits per heavy atom. The molecule has 1 N–H and O–H groups in total. The molecular formula is C27H47O+. The number of allylic oxidation sites excluding steroid dienone is 1. The van der Waals surface area contributed by atoms with E-state index in [0.717, 1.165) is 48.3 Å². The van der Waals surface area contributed by atoms with E-state index in [1.54, 1.807) is 5.57 Å². The average molecular weight is 388 g/mol. The predicted octanol–water partition coefficient (Wildman–Crippen LogP) is 7.50. The van der Waals surface area contributed by atoms with Gasteiger partial charge in [0.15, 0.2) is 0 Å². The monoisotopic (exact) mass is 387 g/mol. The van der Waals surface area contributed by atoms with E-state index in [-0.39, 0.29) is 7.53 Å². The van der Waals surface area contributed by atoms with E-state index in [0.29, 0.717) is 10.8 Å². The van der Waals surface area contributed by atoms with Crippen LogP contribution in [0.4, 0.5) is 0 Å². The summed E-state index contributed by atoms with van der Waals surface area (Å²) in [6, 6.07) is 0. The molecule has 0 unspecified atom stereocenters. The number of aliphatic hydroxyl groups is 1. The Balaban J connectivity index is 0.00000240. The second-order valence-corrected chi connectivity index (χ2v) is 12.2. The molecule has 8 atom stereocenters. The van der Waals surface area contributed by atoms with Gasteiger partial charge in [-0.25, -0.2) is 0 Å². The summed E-state index contributed by atoms with van der Waals surface area (Å²) in [5.41, 5.74) is 2.60. The first kappa shape index (κ1) is 21.0. The third-order valence-corrected chi connectivity index (χ3v) is 10.3. The smallest absolute Gasteiger partial charge is 0.393 e. The minimum atomic E-state index is -0.0766. The first-order chi connectivity index (χ1) is 13.3. The standard InChI is InChI=1S/C27H46O/c1-18(2)7-6-8-19(3)23-11-12-24-22-10-9-20-17-21(28)13-15-26(20,4)25(22)14-16-27(23,24)5/h9,18-19,21-25,28H,6-8,10-17H2,1-5H3/p+1/t19-,21+,22+,23-,24+,25+,26+,27-/m1/s1. The average Bonchev–Trinajstić information content (AvgIpc) is 2.99. The molecule has 0 saturated heterocycles. The molecule has 3 saturated carbocycles. The lowest BCUT2D eigenvalue weighted by atomic mass is 9.47. The summed E-state index contributed by atoms with van der Waals surface area (Å²) in [6.45, 7) is 12.6. The van der Waals surface area contributed by atoms with Crippen LogP contribution in [0.5, 0.6) is 0 Å². The Bertz CT molecular complexity index is 597. The van der Waals surface area contributed by atoms with Crippen molar-refractivity contribution in [2.75, 3.05) is 0 Å². The van der Waals surface area contributed by atoms with Crippen molar-refractivity contribution in [2.24, 2.45) is 46.3 Å². The molecule has 0 aromatic heterocycles. The van der Waals surface area contributed by atoms with E-state index in [2.05, 4.69) is 40.7 Å². The lowest BCUT2D eigenvalue weighted by Crippen LogP contribution is -2.50. The lowest BCUT2D eigenvalue weighted by molar-refractivity contribution is -0.0573. The third kappa shape index (κ3) is 3.42. The van der Waals surface area contributed by atoms with Gasteiger partial charge in [0.05, 0.1) is 6.10 Å². The van der Waals surface area contributed by atoms with Crippen molar-refractivity contribution < 1.29 is 6.53 Å². The van der Waals surface area contributed by atoms with Crippen LogP contribution in [0.15, 0.2) is 11.6 Å². The summed E-state index contributed by atoms with van der Waals surface area (Å²) >= 11 is 0. The summed E-state index contributed by atoms with van der Waals surface area (Å²) in [5, 5.41) is 10.2. The van der Waals surface area contributed by atoms with Crippen LogP contribution >= 0.6 is 0 Å². The predicted molar refractivity (Wildman–Crippen MR) is 120 cm³/mol. The second-order valence-electron chi connectivity index (χ2n) is 12.2. The summed E-state index contributed by atoms with van der Waals surface area (Å²) < 4.78 is 0. The van der Waals surface area contributed by atoms with Crippen molar-refractivity contribution in [2.45, 2.75) is 111 Å². The number of rotatable bonds is 5. The molecule has 3 fully saturated rings. The zero-order valence-corrected chi connectivity index (χ0v) is 19.3. The molecule has 0 bridgehead atoms. The van der Waals surface area contributed by atoms with Crippen molar-refractivity contribution in [3.63, 3.8) is 0 Å². The Morgan fingerprint density at radius 1 is 1.04 bits per heavy atom. The van der Waals surface area contributed by atoms with Gasteiger partial charge in [-0.3, -0.25) is 0 Å². The molecule has 1 heteroatoms. The molecule has 0 amide bonds. The maximum absolute atomic E-state index is 10.2. The highest BCUT2D eigenvalue weighted by atomic mass is 16.3. The van der Waals surface area contributed by atoms with Crippen molar-refractivity contribution in [3.8, 4) is 0 Å². The molecule has 0 heterocycles. The fourth-order valence-electron chi connectivity index (χ4n) is 8.67. The van der Waals surface area contributed by atoms with Crippen molar-refractivity contribution in [1.29, 1.82) is 0 Å². The maximum atomic E-state index is 10.2. The van der Waals surface area contributed by atoms with Gasteiger partial charge in [-0.1, -0.05) is 65.5 Å². The van der Waals surface area contributed by atoms with E-state index in [9.17, 15) is 5.11 Å². The summed E-state index contributed by atoms with van der Waals surface area (Å²) in [4.78, 5) is 0. The van der Waals surface area contributed by atoms with Gasteiger partial charge in [-0.15, -0.1) is 0 Å². The molecule has 0 aromatic rings. The zero-order chi connectivity index (χ0) is 20.1. The number of aliphatic hydroxyl groups excluding tert-OH is 1. The van der Waals surface area contributed by atoms with E-state index in [4.69, 9.17) is 0 Å². The van der Waals surface area contributed by atoms with Crippen LogP contribution in [-0.2, 0) is 0 Å². The summed E-state index contributed by atoms with van der Waals surface area (Å²) in [6.07, 6.45) is 17.2. The largest absolute Gasteiger partial charge is 1.00 e. The quantitative estimate of drug-likeness (QED) is 0.484. The van der Waals surface area contributed by atoms with Crippen LogP contribution in [0, 0.1) is 46.3 Å². The number of hydrogen-bond acceptors (Lipinski definition) is 1. The van der Waals surface area contributed by atoms with E-state index < -0.39 is 0 Å². The molecule has 4 aliphatic rings. The Labute approximate surface area is 176 Å². The SMILES string of the molecule is CC(C)CCC[C@@H](C)[C@H]1CC[C@H]2[C@@H]3CC=C4C[C@@H](O)CC[C@]4(C)[C@H]3CC[C@]12C.[H+]. The molecule has 0 radical (unpaired) electrons. The van der Waals surface area contributed by atoms with Crippen LogP contribution in [0.3, 0.4) is 0 Å². The Hall–Kier alpha value is -0.300. The molecule has 4 aliphatic carbocycles. The van der Waals surface area contributed by atoms with Crippen molar-refractivity contribution in [3.05, 3.63) is 11.6 Å². The van der Waals surface area contributed by atoms with Gasteiger partial charge in [0.1, 0.15) is 0 Å². The van der Waals surface area contributed by atoms with Crippen molar-refractivity contribution in [1.82, 2.24) is 0 Å². The zero-order valence-electron chi connectivity index (χ0n) is 20.3. The third-order valence-electron chi connectivity index (χ3n) is 10.3. The highest BCUT2D eigenvalue weighted by molar-refractivity contribution is 5.25. The highest BCUT2D eigenvalue weighted by Gasteiger charge is 2.59. The van der Waals surface area contributed by atoms with Gasteiger partial charge < -0.3 is 5.11 Å². The van der Waals surface area contributed by atoms with Crippen molar-refractivity contribution >= 4 is 0 Å². The first-order valence-corrected chi connectivity index (χ1v) is 12.6. The van der Waals surface area contributed by atoms with E-state index in [1.807, 2.05) is 0 Å². The molecule has 1 nitrogen and oxygen atoms in total. The maximum Gasteiger partial charge on any atom is 1.00 e.